The van der Waals surface area contributed by atoms with Gasteiger partial charge in [-0.25, -0.2) is 0 Å². The van der Waals surface area contributed by atoms with E-state index in [1.807, 2.05) is 0 Å². The molecule has 0 bridgehead atoms. The van der Waals surface area contributed by atoms with Crippen LogP contribution >= 0.6 is 0 Å². The SMILES string of the molecule is O=[C]c1oc(F)c(F)c1F. The lowest BCUT2D eigenvalue weighted by Crippen LogP contribution is -1.81. The Kier molecular flexibility index (Phi) is 1.48. The second-order valence-electron chi connectivity index (χ2n) is 1.43. The molecule has 0 atom stereocenters. The Balaban J connectivity index is 3.30. The van der Waals surface area contributed by atoms with Crippen LogP contribution in [0.5, 0.6) is 0 Å². The molecule has 0 aliphatic heterocycles. The number of furan rings is 1. The Morgan fingerprint density at radius 1 is 1.20 bits per heavy atom. The summed E-state index contributed by atoms with van der Waals surface area (Å²) >= 11 is 0. The van der Waals surface area contributed by atoms with Crippen LogP contribution < -0.4 is 0 Å². The molecule has 10 heavy (non-hydrogen) atoms. The van der Waals surface area contributed by atoms with Gasteiger partial charge >= 0.3 is 6.01 Å². The van der Waals surface area contributed by atoms with Crippen molar-refractivity contribution in [2.24, 2.45) is 0 Å². The molecule has 0 saturated carbocycles. The van der Waals surface area contributed by atoms with Crippen LogP contribution in [0.15, 0.2) is 4.42 Å². The fraction of sp³-hybridized carbons (Fsp3) is 0. The van der Waals surface area contributed by atoms with Gasteiger partial charge in [0.25, 0.3) is 6.29 Å². The van der Waals surface area contributed by atoms with Crippen LogP contribution in [0.4, 0.5) is 13.2 Å². The van der Waals surface area contributed by atoms with Crippen molar-refractivity contribution in [1.82, 2.24) is 0 Å². The first kappa shape index (κ1) is 6.85. The molecular weight excluding hydrogens is 149 g/mol. The van der Waals surface area contributed by atoms with Gasteiger partial charge in [-0.3, -0.25) is 4.79 Å². The third kappa shape index (κ3) is 0.792. The van der Waals surface area contributed by atoms with Crippen LogP contribution in [-0.2, 0) is 4.79 Å². The van der Waals surface area contributed by atoms with E-state index in [0.717, 1.165) is 6.29 Å². The van der Waals surface area contributed by atoms with Crippen LogP contribution in [0.2, 0.25) is 0 Å². The fourth-order valence-electron chi connectivity index (χ4n) is 0.431. The lowest BCUT2D eigenvalue weighted by molar-refractivity contribution is 0.322. The molecule has 1 aromatic rings. The van der Waals surface area contributed by atoms with Gasteiger partial charge in [-0.15, -0.1) is 0 Å². The monoisotopic (exact) mass is 149 g/mol. The Labute approximate surface area is 53.2 Å². The Hall–Kier alpha value is -1.26. The van der Waals surface area contributed by atoms with E-state index < -0.39 is 23.4 Å². The van der Waals surface area contributed by atoms with Crippen molar-refractivity contribution in [2.75, 3.05) is 0 Å². The van der Waals surface area contributed by atoms with Crippen LogP contribution in [-0.4, -0.2) is 6.29 Å². The Morgan fingerprint density at radius 2 is 1.80 bits per heavy atom. The van der Waals surface area contributed by atoms with E-state index in [1.54, 1.807) is 0 Å². The lowest BCUT2D eigenvalue weighted by atomic mass is 10.4. The minimum Gasteiger partial charge on any atom is -0.422 e. The minimum absolute atomic E-state index is 0.885. The van der Waals surface area contributed by atoms with Gasteiger partial charge in [-0.2, -0.15) is 13.2 Å². The van der Waals surface area contributed by atoms with Gasteiger partial charge in [0, 0.05) is 0 Å². The number of hydrogen-bond donors (Lipinski definition) is 0. The van der Waals surface area contributed by atoms with Crippen LogP contribution in [0.1, 0.15) is 5.76 Å². The van der Waals surface area contributed by atoms with E-state index in [1.165, 1.54) is 0 Å². The summed E-state index contributed by atoms with van der Waals surface area (Å²) in [5.41, 5.74) is 0. The highest BCUT2D eigenvalue weighted by atomic mass is 19.2. The van der Waals surface area contributed by atoms with E-state index in [0.29, 0.717) is 0 Å². The maximum Gasteiger partial charge on any atom is 0.318 e. The molecule has 0 aliphatic rings. The third-order valence-corrected chi connectivity index (χ3v) is 0.849. The molecule has 1 rings (SSSR count). The lowest BCUT2D eigenvalue weighted by Gasteiger charge is -1.73. The third-order valence-electron chi connectivity index (χ3n) is 0.849. The normalized spacial score (nSPS) is 9.90. The summed E-state index contributed by atoms with van der Waals surface area (Å²) in [4.78, 5) is 9.60. The molecule has 0 spiro atoms. The predicted molar refractivity (Wildman–Crippen MR) is 23.4 cm³/mol. The summed E-state index contributed by atoms with van der Waals surface area (Å²) in [7, 11) is 0. The fourth-order valence-corrected chi connectivity index (χ4v) is 0.431. The molecule has 0 aliphatic carbocycles. The molecule has 0 saturated heterocycles. The second kappa shape index (κ2) is 2.17. The molecule has 5 heteroatoms. The first-order valence-corrected chi connectivity index (χ1v) is 2.18. The van der Waals surface area contributed by atoms with E-state index in [9.17, 15) is 18.0 Å². The topological polar surface area (TPSA) is 30.2 Å². The molecule has 53 valence electrons. The highest BCUT2D eigenvalue weighted by Gasteiger charge is 2.20. The number of hydrogen-bond acceptors (Lipinski definition) is 2. The zero-order chi connectivity index (χ0) is 7.72. The zero-order valence-electron chi connectivity index (χ0n) is 4.45. The minimum atomic E-state index is -1.79. The van der Waals surface area contributed by atoms with Gasteiger partial charge in [0.05, 0.1) is 0 Å². The number of halogens is 3. The van der Waals surface area contributed by atoms with Gasteiger partial charge < -0.3 is 4.42 Å². The summed E-state index contributed by atoms with van der Waals surface area (Å²) in [5.74, 6) is -4.53. The molecule has 2 nitrogen and oxygen atoms in total. The van der Waals surface area contributed by atoms with E-state index >= 15 is 0 Å². The smallest absolute Gasteiger partial charge is 0.318 e. The molecule has 0 fully saturated rings. The van der Waals surface area contributed by atoms with Gasteiger partial charge in [0.1, 0.15) is 0 Å². The summed E-state index contributed by atoms with van der Waals surface area (Å²) in [5, 5.41) is 0. The molecule has 1 heterocycles. The average molecular weight is 149 g/mol. The van der Waals surface area contributed by atoms with Crippen molar-refractivity contribution >= 4 is 6.29 Å². The zero-order valence-corrected chi connectivity index (χ0v) is 4.45. The summed E-state index contributed by atoms with van der Waals surface area (Å²) in [6.45, 7) is 0. The summed E-state index contributed by atoms with van der Waals surface area (Å²) < 4.78 is 39.4. The van der Waals surface area contributed by atoms with E-state index in [2.05, 4.69) is 4.42 Å². The highest BCUT2D eigenvalue weighted by molar-refractivity contribution is 5.71. The van der Waals surface area contributed by atoms with Gasteiger partial charge in [-0.1, -0.05) is 0 Å². The summed E-state index contributed by atoms with van der Waals surface area (Å²) in [6, 6.07) is -1.74. The first-order chi connectivity index (χ1) is 4.66. The van der Waals surface area contributed by atoms with Crippen LogP contribution in [0.25, 0.3) is 0 Å². The first-order valence-electron chi connectivity index (χ1n) is 2.18. The second-order valence-corrected chi connectivity index (χ2v) is 1.43. The van der Waals surface area contributed by atoms with E-state index in [-0.39, 0.29) is 0 Å². The predicted octanol–water partition coefficient (Wildman–Crippen LogP) is 1.15. The largest absolute Gasteiger partial charge is 0.422 e. The van der Waals surface area contributed by atoms with Crippen LogP contribution in [0.3, 0.4) is 0 Å². The number of rotatable bonds is 1. The maximum atomic E-state index is 12.1. The van der Waals surface area contributed by atoms with E-state index in [4.69, 9.17) is 0 Å². The standard InChI is InChI=1S/C5F3O2/c6-3-2(1-9)10-5(8)4(3)7. The average Bonchev–Trinajstić information content (AvgIpc) is 2.17. The maximum absolute atomic E-state index is 12.1. The van der Waals surface area contributed by atoms with Crippen molar-refractivity contribution in [2.45, 2.75) is 0 Å². The van der Waals surface area contributed by atoms with Crippen molar-refractivity contribution in [3.8, 4) is 0 Å². The highest BCUT2D eigenvalue weighted by Crippen LogP contribution is 2.15. The molecule has 0 N–H and O–H groups in total. The Bertz CT molecular complexity index is 266. The molecule has 0 aromatic carbocycles. The molecule has 1 radical (unpaired) electrons. The van der Waals surface area contributed by atoms with Crippen molar-refractivity contribution in [1.29, 1.82) is 0 Å². The number of carbonyl (C=O) groups excluding carboxylic acids is 1. The molecule has 0 unspecified atom stereocenters. The van der Waals surface area contributed by atoms with Crippen LogP contribution in [0, 0.1) is 17.6 Å². The molecule has 0 amide bonds. The Morgan fingerprint density at radius 3 is 2.00 bits per heavy atom. The molecular formula is C5F3O2. The summed E-state index contributed by atoms with van der Waals surface area (Å²) in [6.07, 6.45) is 0.885. The van der Waals surface area contributed by atoms with Crippen molar-refractivity contribution in [3.63, 3.8) is 0 Å². The van der Waals surface area contributed by atoms with Gasteiger partial charge in [-0.05, 0) is 0 Å². The van der Waals surface area contributed by atoms with Crippen molar-refractivity contribution in [3.05, 3.63) is 23.4 Å². The molecule has 1 aromatic heterocycles. The van der Waals surface area contributed by atoms with Gasteiger partial charge in [0.15, 0.2) is 0 Å². The van der Waals surface area contributed by atoms with Crippen molar-refractivity contribution < 1.29 is 22.4 Å². The quantitative estimate of drug-likeness (QED) is 0.599. The van der Waals surface area contributed by atoms with Gasteiger partial charge in [0.2, 0.25) is 17.4 Å².